The van der Waals surface area contributed by atoms with Gasteiger partial charge in [0.15, 0.2) is 0 Å². The Morgan fingerprint density at radius 1 is 0.687 bits per heavy atom. The number of ether oxygens (including phenoxy) is 1. The molecule has 0 aliphatic carbocycles. The maximum absolute atomic E-state index is 9.74. The van der Waals surface area contributed by atoms with Crippen LogP contribution in [0, 0.1) is 27.0 Å². The van der Waals surface area contributed by atoms with Crippen molar-refractivity contribution in [3.8, 4) is 78.6 Å². The van der Waals surface area contributed by atoms with Gasteiger partial charge in [-0.05, 0) is 111 Å². The van der Waals surface area contributed by atoms with E-state index in [1.165, 1.54) is 0 Å². The van der Waals surface area contributed by atoms with Gasteiger partial charge in [-0.25, -0.2) is 4.98 Å². The summed E-state index contributed by atoms with van der Waals surface area (Å²) in [4.78, 5) is 9.90. The molecule has 0 aliphatic heterocycles. The van der Waals surface area contributed by atoms with Gasteiger partial charge in [0, 0.05) is 31.1 Å². The first-order valence-corrected chi connectivity index (χ1v) is 21.6. The van der Waals surface area contributed by atoms with Crippen LogP contribution in [0.3, 0.4) is 0 Å². The molecule has 2 aromatic heterocycles. The Morgan fingerprint density at radius 3 is 2.10 bits per heavy atom. The van der Waals surface area contributed by atoms with Crippen LogP contribution in [0.1, 0.15) is 112 Å². The van der Waals surface area contributed by atoms with E-state index in [1.807, 2.05) is 113 Å². The first-order chi connectivity index (χ1) is 38.5. The summed E-state index contributed by atoms with van der Waals surface area (Å²) in [5.74, 6) is 0.0169. The van der Waals surface area contributed by atoms with Gasteiger partial charge >= 0.3 is 21.1 Å². The fourth-order valence-electron chi connectivity index (χ4n) is 8.31. The van der Waals surface area contributed by atoms with Crippen LogP contribution < -0.4 is 4.74 Å². The van der Waals surface area contributed by atoms with E-state index < -0.39 is 91.0 Å². The van der Waals surface area contributed by atoms with E-state index in [-0.39, 0.29) is 37.7 Å². The molecule has 0 fully saturated rings. The number of pyridine rings is 1. The van der Waals surface area contributed by atoms with Crippen molar-refractivity contribution in [2.45, 2.75) is 85.7 Å². The maximum atomic E-state index is 9.74. The van der Waals surface area contributed by atoms with Crippen LogP contribution in [0.5, 0.6) is 5.75 Å². The minimum absolute atomic E-state index is 0. The van der Waals surface area contributed by atoms with Gasteiger partial charge in [-0.15, -0.1) is 23.8 Å². The van der Waals surface area contributed by atoms with E-state index >= 15 is 0 Å². The quantitative estimate of drug-likeness (QED) is 0.135. The van der Waals surface area contributed by atoms with Crippen LogP contribution >= 0.6 is 0 Å². The number of aryl methyl sites for hydroxylation is 2. The largest absolute Gasteiger partial charge is 2.00 e. The Labute approximate surface area is 436 Å². The molecule has 0 aliphatic rings. The van der Waals surface area contributed by atoms with Crippen LogP contribution in [-0.2, 0) is 31.9 Å². The van der Waals surface area contributed by atoms with Gasteiger partial charge in [-0.1, -0.05) is 181 Å². The van der Waals surface area contributed by atoms with Gasteiger partial charge in [-0.3, -0.25) is 9.55 Å². The molecule has 0 radical (unpaired) electrons. The zero-order valence-electron chi connectivity index (χ0n) is 55.2. The third-order valence-electron chi connectivity index (χ3n) is 11.7. The standard InChI is InChI=1S/C62H59N3O.Pt/c1-39(2)45-24-29-56(53(37-45)44-22-27-51(28-23-44)62(8,9)10)65-57-19-15-18-52(58(57)64-60(65)54-33-40(3)32-41(4)59(54)66-11)48-34-47(42-16-13-12-14-17-42)35-49(36-48)55-38-46(30-31-63-55)43-20-25-50(26-21-43)61(5,6)7;/h12-35,37-39H,11H2,1-10H3;/q-2;+2/i5D3,6D3,7D3,20D,21D,25D,26D,30D,31D,38D,39D;. The summed E-state index contributed by atoms with van der Waals surface area (Å²) in [6.45, 7) is 2.23. The van der Waals surface area contributed by atoms with Crippen LogP contribution in [0.15, 0.2) is 158 Å². The molecule has 9 rings (SSSR count). The second-order valence-corrected chi connectivity index (χ2v) is 17.9. The topological polar surface area (TPSA) is 39.9 Å². The molecule has 67 heavy (non-hydrogen) atoms. The van der Waals surface area contributed by atoms with Gasteiger partial charge in [0.05, 0.1) is 37.6 Å². The molecule has 7 aromatic carbocycles. The number of imidazole rings is 1. The van der Waals surface area contributed by atoms with E-state index in [0.717, 1.165) is 39.1 Å². The van der Waals surface area contributed by atoms with E-state index in [4.69, 9.17) is 28.9 Å². The summed E-state index contributed by atoms with van der Waals surface area (Å²) >= 11 is 0. The molecule has 2 heterocycles. The van der Waals surface area contributed by atoms with Crippen molar-refractivity contribution in [1.82, 2.24) is 14.5 Å². The first kappa shape index (κ1) is 30.1. The normalized spacial score (nSPS) is 16.2. The second-order valence-electron chi connectivity index (χ2n) is 17.9. The van der Waals surface area contributed by atoms with Crippen molar-refractivity contribution in [3.05, 3.63) is 199 Å². The Morgan fingerprint density at radius 2 is 1.42 bits per heavy atom. The summed E-state index contributed by atoms with van der Waals surface area (Å²) in [7, 11) is 3.85. The molecule has 0 bridgehead atoms. The second kappa shape index (κ2) is 18.7. The Hall–Kier alpha value is -6.35. The Bertz CT molecular complexity index is 3980. The molecule has 338 valence electrons. The molecular weight excluding hydrogens is 998 g/mol. The summed E-state index contributed by atoms with van der Waals surface area (Å²) in [6.07, 6.45) is -0.764. The zero-order chi connectivity index (χ0) is 61.0. The van der Waals surface area contributed by atoms with Crippen LogP contribution in [0.4, 0.5) is 0 Å². The monoisotopic (exact) mass is 1070 g/mol. The molecule has 4 nitrogen and oxygen atoms in total. The number of benzene rings is 7. The molecule has 0 saturated heterocycles. The molecule has 9 aromatic rings. The Kier molecular flexibility index (Phi) is 8.42. The predicted molar refractivity (Wildman–Crippen MR) is 277 cm³/mol. The molecule has 0 spiro atoms. The van der Waals surface area contributed by atoms with Crippen molar-refractivity contribution in [3.63, 3.8) is 0 Å². The fraction of sp³-hybridized carbons (Fsp3) is 0.210. The third-order valence-corrected chi connectivity index (χ3v) is 11.7. The third kappa shape index (κ3) is 9.47. The number of fused-ring (bicyclic) bond motifs is 1. The minimum atomic E-state index is -3.94. The SMILES string of the molecule is [2H]c1nc(-c2[c-]c(-c3cccc4c3nc(-c3cc(C)cc(C)c3O[CH2-])n4-c3ccc(C([2H])(C)C)cc3-c3ccc(C(C)(C)C)cc3)cc(-c3ccccc3)c2)c([2H])c(-c2c([2H])c([2H])c(C(C([2H])([2H])[2H])(C([2H])([2H])[2H])C([2H])([2H])[2H])c([2H])c2[2H])c1[2H].[Pt+2]. The molecule has 5 heteroatoms. The smallest absolute Gasteiger partial charge is 0.665 e. The molecular formula is C62H59N3OPt. The van der Waals surface area contributed by atoms with Crippen molar-refractivity contribution in [2.24, 2.45) is 0 Å². The summed E-state index contributed by atoms with van der Waals surface area (Å²) < 4.78 is 156. The van der Waals surface area contributed by atoms with Crippen molar-refractivity contribution < 1.29 is 49.1 Å². The number of rotatable bonds is 9. The van der Waals surface area contributed by atoms with E-state index in [2.05, 4.69) is 67.8 Å². The van der Waals surface area contributed by atoms with Crippen molar-refractivity contribution in [2.75, 3.05) is 0 Å². The number of hydrogen-bond acceptors (Lipinski definition) is 3. The number of aromatic nitrogens is 3. The zero-order valence-corrected chi connectivity index (χ0v) is 40.5. The predicted octanol–water partition coefficient (Wildman–Crippen LogP) is 16.7. The van der Waals surface area contributed by atoms with Gasteiger partial charge in [0.25, 0.3) is 0 Å². The van der Waals surface area contributed by atoms with Crippen LogP contribution in [0.2, 0.25) is 0 Å². The van der Waals surface area contributed by atoms with E-state index in [0.29, 0.717) is 50.4 Å². The molecule has 0 saturated carbocycles. The van der Waals surface area contributed by atoms with Crippen LogP contribution in [-0.4, -0.2) is 14.5 Å². The van der Waals surface area contributed by atoms with Gasteiger partial charge in [-0.2, -0.15) is 7.11 Å². The van der Waals surface area contributed by atoms with Gasteiger partial charge < -0.3 is 4.74 Å². The summed E-state index contributed by atoms with van der Waals surface area (Å²) in [5.41, 5.74) is 3.12. The molecule has 0 atom stereocenters. The fourth-order valence-corrected chi connectivity index (χ4v) is 8.31. The van der Waals surface area contributed by atoms with Gasteiger partial charge in [0.2, 0.25) is 0 Å². The van der Waals surface area contributed by atoms with E-state index in [1.54, 1.807) is 6.07 Å². The minimum Gasteiger partial charge on any atom is -0.665 e. The molecule has 0 N–H and O–H groups in total. The maximum Gasteiger partial charge on any atom is 2.00 e. The molecule has 0 amide bonds. The average Bonchev–Trinajstić information content (AvgIpc) is 2.95. The van der Waals surface area contributed by atoms with Gasteiger partial charge in [0.1, 0.15) is 5.82 Å². The van der Waals surface area contributed by atoms with Crippen molar-refractivity contribution in [1.29, 1.82) is 0 Å². The Balaban J connectivity index is 0.00000920. The summed E-state index contributed by atoms with van der Waals surface area (Å²) in [6, 6.07) is 33.8. The number of para-hydroxylation sites is 1. The van der Waals surface area contributed by atoms with E-state index in [9.17, 15) is 4.11 Å². The molecule has 0 unspecified atom stereocenters. The number of nitrogens with zero attached hydrogens (tertiary/aromatic N) is 3. The first-order valence-electron chi connectivity index (χ1n) is 30.1. The average molecular weight is 1070 g/mol. The number of hydrogen-bond donors (Lipinski definition) is 0. The summed E-state index contributed by atoms with van der Waals surface area (Å²) in [5, 5.41) is 0. The van der Waals surface area contributed by atoms with Crippen LogP contribution in [0.25, 0.3) is 83.9 Å². The van der Waals surface area contributed by atoms with Crippen molar-refractivity contribution >= 4 is 11.0 Å².